The fourth-order valence-electron chi connectivity index (χ4n) is 2.84. The van der Waals surface area contributed by atoms with E-state index in [-0.39, 0.29) is 29.3 Å². The predicted molar refractivity (Wildman–Crippen MR) is 40.3 cm³/mol. The standard InChI is InChI=1S/C9H11NO2/c1-8-3-5(4-10)9(2,12-8)7-6(8)11-7/h5-7H,3H2,1-2H3/t5-,6-,7+,8+,9-/m0/s1. The molecule has 0 spiro atoms. The highest BCUT2D eigenvalue weighted by molar-refractivity contribution is 5.27. The Bertz CT molecular complexity index is 297. The maximum absolute atomic E-state index is 8.92. The SMILES string of the molecule is C[C@]12O[C@](C)(C[C@H]1C#N)[C@H]1O[C@H]12. The van der Waals surface area contributed by atoms with Gasteiger partial charge in [-0.05, 0) is 20.3 Å². The Labute approximate surface area is 71.3 Å². The number of fused-ring (bicyclic) bond motifs is 5. The van der Waals surface area contributed by atoms with Crippen LogP contribution in [0.5, 0.6) is 0 Å². The summed E-state index contributed by atoms with van der Waals surface area (Å²) in [6.45, 7) is 4.06. The van der Waals surface area contributed by atoms with Crippen LogP contribution in [0.3, 0.4) is 0 Å². The van der Waals surface area contributed by atoms with Gasteiger partial charge in [-0.1, -0.05) is 0 Å². The molecule has 3 fully saturated rings. The van der Waals surface area contributed by atoms with Crippen LogP contribution in [0, 0.1) is 17.2 Å². The molecule has 3 aliphatic rings. The predicted octanol–water partition coefficient (Wildman–Crippen LogP) is 0.845. The first kappa shape index (κ1) is 6.88. The minimum Gasteiger partial charge on any atom is -0.363 e. The molecule has 0 aromatic heterocycles. The van der Waals surface area contributed by atoms with Crippen LogP contribution in [0.25, 0.3) is 0 Å². The average Bonchev–Trinajstić information content (AvgIpc) is 2.71. The van der Waals surface area contributed by atoms with Crippen LogP contribution >= 0.6 is 0 Å². The summed E-state index contributed by atoms with van der Waals surface area (Å²) in [4.78, 5) is 0. The fourth-order valence-corrected chi connectivity index (χ4v) is 2.84. The fraction of sp³-hybridized carbons (Fsp3) is 0.889. The number of hydrogen-bond donors (Lipinski definition) is 0. The van der Waals surface area contributed by atoms with E-state index >= 15 is 0 Å². The van der Waals surface area contributed by atoms with Crippen LogP contribution in [0.1, 0.15) is 20.3 Å². The maximum atomic E-state index is 8.92. The van der Waals surface area contributed by atoms with Crippen LogP contribution in [0.2, 0.25) is 0 Å². The molecule has 3 heteroatoms. The summed E-state index contributed by atoms with van der Waals surface area (Å²) in [5.74, 6) is 0.0197. The highest BCUT2D eigenvalue weighted by atomic mass is 16.7. The van der Waals surface area contributed by atoms with Crippen LogP contribution < -0.4 is 0 Å². The summed E-state index contributed by atoms with van der Waals surface area (Å²) < 4.78 is 11.4. The summed E-state index contributed by atoms with van der Waals surface area (Å²) in [6.07, 6.45) is 1.30. The van der Waals surface area contributed by atoms with Crippen molar-refractivity contribution in [1.29, 1.82) is 5.26 Å². The van der Waals surface area contributed by atoms with E-state index in [9.17, 15) is 0 Å². The van der Waals surface area contributed by atoms with Crippen LogP contribution in [-0.2, 0) is 9.47 Å². The molecule has 2 bridgehead atoms. The first-order valence-electron chi connectivity index (χ1n) is 4.35. The first-order chi connectivity index (χ1) is 5.60. The van der Waals surface area contributed by atoms with E-state index in [1.165, 1.54) is 0 Å². The molecular weight excluding hydrogens is 154 g/mol. The Balaban J connectivity index is 2.06. The lowest BCUT2D eigenvalue weighted by Crippen LogP contribution is -2.36. The van der Waals surface area contributed by atoms with Gasteiger partial charge in [0.15, 0.2) is 0 Å². The second-order valence-corrected chi connectivity index (χ2v) is 4.46. The molecule has 5 atom stereocenters. The highest BCUT2D eigenvalue weighted by Gasteiger charge is 2.77. The molecule has 3 rings (SSSR count). The smallest absolute Gasteiger partial charge is 0.117 e. The van der Waals surface area contributed by atoms with Gasteiger partial charge >= 0.3 is 0 Å². The third-order valence-corrected chi connectivity index (χ3v) is 3.57. The van der Waals surface area contributed by atoms with Gasteiger partial charge < -0.3 is 9.47 Å². The van der Waals surface area contributed by atoms with E-state index in [4.69, 9.17) is 14.7 Å². The van der Waals surface area contributed by atoms with Gasteiger partial charge in [0.05, 0.1) is 17.6 Å². The zero-order valence-electron chi connectivity index (χ0n) is 7.20. The van der Waals surface area contributed by atoms with Crippen molar-refractivity contribution < 1.29 is 9.47 Å². The molecule has 0 saturated carbocycles. The molecular formula is C9H11NO2. The summed E-state index contributed by atoms with van der Waals surface area (Å²) in [5, 5.41) is 8.92. The van der Waals surface area contributed by atoms with Crippen LogP contribution in [-0.4, -0.2) is 23.4 Å². The molecule has 3 nitrogen and oxygen atoms in total. The Hall–Kier alpha value is -0.590. The van der Waals surface area contributed by atoms with Gasteiger partial charge in [0.2, 0.25) is 0 Å². The average molecular weight is 165 g/mol. The number of epoxide rings is 1. The summed E-state index contributed by atoms with van der Waals surface area (Å²) in [6, 6.07) is 2.31. The van der Waals surface area contributed by atoms with Crippen molar-refractivity contribution in [1.82, 2.24) is 0 Å². The van der Waals surface area contributed by atoms with Gasteiger partial charge in [-0.3, -0.25) is 0 Å². The van der Waals surface area contributed by atoms with Gasteiger partial charge in [0.1, 0.15) is 17.8 Å². The van der Waals surface area contributed by atoms with Gasteiger partial charge in [-0.25, -0.2) is 0 Å². The Morgan fingerprint density at radius 1 is 1.42 bits per heavy atom. The summed E-state index contributed by atoms with van der Waals surface area (Å²) >= 11 is 0. The van der Waals surface area contributed by atoms with Crippen molar-refractivity contribution in [3.63, 3.8) is 0 Å². The zero-order valence-corrected chi connectivity index (χ0v) is 7.20. The van der Waals surface area contributed by atoms with Gasteiger partial charge in [0.25, 0.3) is 0 Å². The zero-order chi connectivity index (χ0) is 8.56. The van der Waals surface area contributed by atoms with Crippen molar-refractivity contribution in [3.8, 4) is 6.07 Å². The molecule has 0 aromatic carbocycles. The van der Waals surface area contributed by atoms with Gasteiger partial charge in [-0.15, -0.1) is 0 Å². The summed E-state index contributed by atoms with van der Waals surface area (Å²) in [5.41, 5.74) is -0.478. The molecule has 0 amide bonds. The largest absolute Gasteiger partial charge is 0.363 e. The lowest BCUT2D eigenvalue weighted by Gasteiger charge is -2.22. The molecule has 3 saturated heterocycles. The third-order valence-electron chi connectivity index (χ3n) is 3.57. The number of ether oxygens (including phenoxy) is 2. The molecule has 0 aromatic rings. The van der Waals surface area contributed by atoms with E-state index in [0.717, 1.165) is 6.42 Å². The summed E-state index contributed by atoms with van der Waals surface area (Å²) in [7, 11) is 0. The molecule has 0 N–H and O–H groups in total. The number of nitrogens with zero attached hydrogens (tertiary/aromatic N) is 1. The van der Waals surface area contributed by atoms with E-state index in [1.54, 1.807) is 0 Å². The van der Waals surface area contributed by atoms with E-state index in [0.29, 0.717) is 0 Å². The molecule has 64 valence electrons. The Morgan fingerprint density at radius 2 is 2.17 bits per heavy atom. The van der Waals surface area contributed by atoms with Gasteiger partial charge in [0, 0.05) is 0 Å². The lowest BCUT2D eigenvalue weighted by molar-refractivity contribution is -0.0992. The topological polar surface area (TPSA) is 45.5 Å². The third kappa shape index (κ3) is 0.502. The normalized spacial score (nSPS) is 65.9. The van der Waals surface area contributed by atoms with Crippen molar-refractivity contribution in [2.45, 2.75) is 43.7 Å². The second kappa shape index (κ2) is 1.55. The van der Waals surface area contributed by atoms with Crippen molar-refractivity contribution in [3.05, 3.63) is 0 Å². The van der Waals surface area contributed by atoms with E-state index in [2.05, 4.69) is 13.0 Å². The van der Waals surface area contributed by atoms with E-state index < -0.39 is 0 Å². The van der Waals surface area contributed by atoms with Crippen molar-refractivity contribution in [2.24, 2.45) is 5.92 Å². The molecule has 0 unspecified atom stereocenters. The maximum Gasteiger partial charge on any atom is 0.117 e. The monoisotopic (exact) mass is 165 g/mol. The first-order valence-corrected chi connectivity index (χ1v) is 4.35. The van der Waals surface area contributed by atoms with Crippen LogP contribution in [0.4, 0.5) is 0 Å². The second-order valence-electron chi connectivity index (χ2n) is 4.46. The van der Waals surface area contributed by atoms with E-state index in [1.807, 2.05) is 6.92 Å². The minimum atomic E-state index is -0.311. The highest BCUT2D eigenvalue weighted by Crippen LogP contribution is 2.62. The van der Waals surface area contributed by atoms with Crippen molar-refractivity contribution in [2.75, 3.05) is 0 Å². The minimum absolute atomic E-state index is 0.0197. The molecule has 3 heterocycles. The Kier molecular flexibility index (Phi) is 0.886. The lowest BCUT2D eigenvalue weighted by atomic mass is 9.76. The molecule has 12 heavy (non-hydrogen) atoms. The number of rotatable bonds is 0. The molecule has 3 aliphatic heterocycles. The van der Waals surface area contributed by atoms with Crippen molar-refractivity contribution >= 4 is 0 Å². The number of nitriles is 1. The molecule has 0 aliphatic carbocycles. The van der Waals surface area contributed by atoms with Gasteiger partial charge in [-0.2, -0.15) is 5.26 Å². The quantitative estimate of drug-likeness (QED) is 0.500. The Morgan fingerprint density at radius 3 is 2.67 bits per heavy atom. The molecule has 0 radical (unpaired) electrons. The number of hydrogen-bond acceptors (Lipinski definition) is 3. The van der Waals surface area contributed by atoms with Crippen LogP contribution in [0.15, 0.2) is 0 Å².